The number of aliphatic hydroxyl groups excluding tert-OH is 1. The van der Waals surface area contributed by atoms with Gasteiger partial charge in [-0.25, -0.2) is 0 Å². The number of carbonyl (C=O) groups excluding carboxylic acids is 3. The maximum Gasteiger partial charge on any atom is 0.293 e. The van der Waals surface area contributed by atoms with Crippen molar-refractivity contribution in [1.29, 1.82) is 0 Å². The summed E-state index contributed by atoms with van der Waals surface area (Å²) in [7, 11) is 0. The van der Waals surface area contributed by atoms with E-state index in [1.807, 2.05) is 11.4 Å². The number of aliphatic hydroxyl groups is 1. The molecule has 3 aliphatic rings. The molecule has 0 fully saturated rings. The minimum Gasteiger partial charge on any atom is -0.502 e. The predicted octanol–water partition coefficient (Wildman–Crippen LogP) is 3.65. The summed E-state index contributed by atoms with van der Waals surface area (Å²) in [5, 5.41) is 12.3. The molecule has 4 rings (SSSR count). The highest BCUT2D eigenvalue weighted by Crippen LogP contribution is 2.51. The molecular weight excluding hydrogens is 413 g/mol. The molecule has 2 aliphatic carbocycles. The lowest BCUT2D eigenvalue weighted by atomic mass is 9.80. The van der Waals surface area contributed by atoms with Gasteiger partial charge in [0.05, 0.1) is 15.6 Å². The number of ketones is 1. The van der Waals surface area contributed by atoms with E-state index in [2.05, 4.69) is 5.92 Å². The molecule has 2 N–H and O–H groups in total. The van der Waals surface area contributed by atoms with Gasteiger partial charge in [-0.1, -0.05) is 41.4 Å². The quantitative estimate of drug-likeness (QED) is 0.569. The first-order valence-electron chi connectivity index (χ1n) is 8.98. The molecule has 0 spiro atoms. The molecule has 0 aromatic heterocycles. The van der Waals surface area contributed by atoms with Crippen LogP contribution in [0.5, 0.6) is 0 Å². The average Bonchev–Trinajstić information content (AvgIpc) is 3.16. The Labute approximate surface area is 177 Å². The zero-order valence-corrected chi connectivity index (χ0v) is 16.6. The maximum atomic E-state index is 12.6. The largest absolute Gasteiger partial charge is 0.502 e. The van der Waals surface area contributed by atoms with Crippen molar-refractivity contribution >= 4 is 46.4 Å². The fraction of sp³-hybridized carbons (Fsp3) is 0.227. The molecular formula is C22H15Cl2NO4. The summed E-state index contributed by atoms with van der Waals surface area (Å²) in [6, 6.07) is 1.65. The number of imide groups is 1. The van der Waals surface area contributed by atoms with Crippen molar-refractivity contribution in [3.8, 4) is 12.3 Å². The van der Waals surface area contributed by atoms with E-state index in [-0.39, 0.29) is 38.8 Å². The van der Waals surface area contributed by atoms with Gasteiger partial charge < -0.3 is 5.11 Å². The lowest BCUT2D eigenvalue weighted by Gasteiger charge is -2.23. The zero-order valence-electron chi connectivity index (χ0n) is 15.1. The van der Waals surface area contributed by atoms with Crippen molar-refractivity contribution < 1.29 is 19.5 Å². The molecule has 1 aromatic carbocycles. The van der Waals surface area contributed by atoms with Crippen LogP contribution in [0.3, 0.4) is 0 Å². The molecule has 7 heteroatoms. The van der Waals surface area contributed by atoms with Crippen LogP contribution in [-0.2, 0) is 20.8 Å². The van der Waals surface area contributed by atoms with Crippen molar-refractivity contribution in [3.63, 3.8) is 0 Å². The zero-order chi connectivity index (χ0) is 20.9. The molecule has 1 heterocycles. The summed E-state index contributed by atoms with van der Waals surface area (Å²) in [4.78, 5) is 36.3. The van der Waals surface area contributed by atoms with Gasteiger partial charge in [0.25, 0.3) is 11.8 Å². The van der Waals surface area contributed by atoms with Crippen LogP contribution in [0.15, 0.2) is 35.6 Å². The predicted molar refractivity (Wildman–Crippen MR) is 109 cm³/mol. The standard InChI is InChI=1S/C22H15Cl2NO4/c1-2-5-10-8-11-9-13(17-20(27)22(29)25-21(17)28)18(23)19(24)16(11)15(10)12-6-3-4-7-14(12)26/h1,3-4,6,9-10,15H,5,7-8H2,(H2,25,27,28,29). The summed E-state index contributed by atoms with van der Waals surface area (Å²) in [6.07, 6.45) is 12.3. The third-order valence-corrected chi connectivity index (χ3v) is 6.40. The van der Waals surface area contributed by atoms with Gasteiger partial charge in [-0.3, -0.25) is 19.7 Å². The molecule has 2 unspecified atom stereocenters. The first-order valence-corrected chi connectivity index (χ1v) is 9.74. The number of nitrogens with one attached hydrogen (secondary N) is 1. The Bertz CT molecular complexity index is 1120. The van der Waals surface area contributed by atoms with Gasteiger partial charge in [-0.05, 0) is 29.5 Å². The number of benzene rings is 1. The second-order valence-electron chi connectivity index (χ2n) is 7.16. The van der Waals surface area contributed by atoms with E-state index in [0.717, 1.165) is 5.56 Å². The molecule has 0 saturated heterocycles. The SMILES string of the molecule is C#CCC1Cc2cc(C3=C(O)C(=O)NC3=O)c(Cl)c(Cl)c2C1C1=CC=CCC1=O. The third kappa shape index (κ3) is 3.00. The lowest BCUT2D eigenvalue weighted by Crippen LogP contribution is -2.23. The van der Waals surface area contributed by atoms with Gasteiger partial charge in [0.1, 0.15) is 0 Å². The fourth-order valence-corrected chi connectivity index (χ4v) is 4.89. The van der Waals surface area contributed by atoms with Crippen molar-refractivity contribution in [2.45, 2.75) is 25.2 Å². The van der Waals surface area contributed by atoms with Crippen LogP contribution in [0.1, 0.15) is 35.4 Å². The Balaban J connectivity index is 1.91. The number of hydrogen-bond donors (Lipinski definition) is 2. The van der Waals surface area contributed by atoms with Crippen LogP contribution in [0.4, 0.5) is 0 Å². The smallest absolute Gasteiger partial charge is 0.293 e. The van der Waals surface area contributed by atoms with Gasteiger partial charge in [0, 0.05) is 29.9 Å². The number of Topliss-reactive ketones (excluding diaryl/α,β-unsaturated/α-hetero) is 1. The first-order chi connectivity index (χ1) is 13.8. The van der Waals surface area contributed by atoms with Crippen LogP contribution in [0.25, 0.3) is 5.57 Å². The summed E-state index contributed by atoms with van der Waals surface area (Å²) < 4.78 is 0. The molecule has 0 saturated carbocycles. The van der Waals surface area contributed by atoms with E-state index in [1.165, 1.54) is 0 Å². The van der Waals surface area contributed by atoms with Crippen molar-refractivity contribution in [1.82, 2.24) is 5.32 Å². The van der Waals surface area contributed by atoms with E-state index in [0.29, 0.717) is 30.4 Å². The number of terminal acetylenes is 1. The van der Waals surface area contributed by atoms with Crippen LogP contribution in [0, 0.1) is 18.3 Å². The molecule has 2 atom stereocenters. The van der Waals surface area contributed by atoms with E-state index in [1.54, 1.807) is 18.2 Å². The number of fused-ring (bicyclic) bond motifs is 1. The highest BCUT2D eigenvalue weighted by atomic mass is 35.5. The molecule has 146 valence electrons. The molecule has 1 aliphatic heterocycles. The van der Waals surface area contributed by atoms with E-state index in [4.69, 9.17) is 29.6 Å². The Morgan fingerprint density at radius 2 is 1.97 bits per heavy atom. The molecule has 5 nitrogen and oxygen atoms in total. The Morgan fingerprint density at radius 1 is 1.21 bits per heavy atom. The summed E-state index contributed by atoms with van der Waals surface area (Å²) >= 11 is 13.1. The normalized spacial score (nSPS) is 23.2. The number of allylic oxidation sites excluding steroid dienone is 4. The van der Waals surface area contributed by atoms with Gasteiger partial charge in [0.15, 0.2) is 11.5 Å². The average molecular weight is 428 g/mol. The van der Waals surface area contributed by atoms with Crippen LogP contribution in [-0.4, -0.2) is 22.7 Å². The minimum atomic E-state index is -0.884. The lowest BCUT2D eigenvalue weighted by molar-refractivity contribution is -0.124. The van der Waals surface area contributed by atoms with Crippen LogP contribution >= 0.6 is 23.2 Å². The molecule has 29 heavy (non-hydrogen) atoms. The summed E-state index contributed by atoms with van der Waals surface area (Å²) in [5.41, 5.74) is 2.10. The second-order valence-corrected chi connectivity index (χ2v) is 7.92. The number of amides is 2. The maximum absolute atomic E-state index is 12.6. The van der Waals surface area contributed by atoms with Crippen LogP contribution < -0.4 is 5.32 Å². The van der Waals surface area contributed by atoms with Gasteiger partial charge in [-0.15, -0.1) is 12.3 Å². The van der Waals surface area contributed by atoms with E-state index in [9.17, 15) is 19.5 Å². The van der Waals surface area contributed by atoms with Gasteiger partial charge in [0.2, 0.25) is 0 Å². The Kier molecular flexibility index (Phi) is 4.85. The highest BCUT2D eigenvalue weighted by Gasteiger charge is 2.41. The number of hydrogen-bond acceptors (Lipinski definition) is 4. The molecule has 2 amide bonds. The monoisotopic (exact) mass is 427 g/mol. The molecule has 1 aromatic rings. The third-order valence-electron chi connectivity index (χ3n) is 5.52. The van der Waals surface area contributed by atoms with E-state index < -0.39 is 17.6 Å². The topological polar surface area (TPSA) is 83.5 Å². The molecule has 0 radical (unpaired) electrons. The van der Waals surface area contributed by atoms with Crippen molar-refractivity contribution in [2.24, 2.45) is 5.92 Å². The van der Waals surface area contributed by atoms with E-state index >= 15 is 0 Å². The van der Waals surface area contributed by atoms with Gasteiger partial charge in [-0.2, -0.15) is 0 Å². The van der Waals surface area contributed by atoms with Crippen molar-refractivity contribution in [3.05, 3.63) is 62.4 Å². The first kappa shape index (κ1) is 19.5. The second kappa shape index (κ2) is 7.22. The van der Waals surface area contributed by atoms with Crippen LogP contribution in [0.2, 0.25) is 10.0 Å². The minimum absolute atomic E-state index is 0.00440. The van der Waals surface area contributed by atoms with Crippen molar-refractivity contribution in [2.75, 3.05) is 0 Å². The number of halogens is 2. The van der Waals surface area contributed by atoms with Gasteiger partial charge >= 0.3 is 0 Å². The fourth-order valence-electron chi connectivity index (χ4n) is 4.30. The molecule has 0 bridgehead atoms. The Morgan fingerprint density at radius 3 is 2.59 bits per heavy atom. The summed E-state index contributed by atoms with van der Waals surface area (Å²) in [6.45, 7) is 0. The Hall–Kier alpha value is -2.81. The number of carbonyl (C=O) groups is 3. The number of rotatable bonds is 3. The summed E-state index contributed by atoms with van der Waals surface area (Å²) in [5.74, 6) is -0.0146. The highest BCUT2D eigenvalue weighted by molar-refractivity contribution is 6.46.